The topological polar surface area (TPSA) is 67.4 Å². The second kappa shape index (κ2) is 8.17. The number of aryl methyl sites for hydroxylation is 1. The van der Waals surface area contributed by atoms with E-state index in [-0.39, 0.29) is 12.5 Å². The molecule has 0 unspecified atom stereocenters. The van der Waals surface area contributed by atoms with Crippen LogP contribution in [0.25, 0.3) is 0 Å². The molecule has 0 aliphatic rings. The zero-order chi connectivity index (χ0) is 17.7. The Labute approximate surface area is 153 Å². The number of hydrogen-bond donors (Lipinski definition) is 2. The summed E-state index contributed by atoms with van der Waals surface area (Å²) in [6.45, 7) is 1.89. The lowest BCUT2D eigenvalue weighted by atomic mass is 10.1. The summed E-state index contributed by atoms with van der Waals surface area (Å²) in [6.07, 6.45) is 0. The third kappa shape index (κ3) is 4.72. The van der Waals surface area contributed by atoms with Gasteiger partial charge >= 0.3 is 5.97 Å². The Morgan fingerprint density at radius 2 is 1.92 bits per heavy atom. The first kappa shape index (κ1) is 18.3. The van der Waals surface area contributed by atoms with E-state index < -0.39 is 5.97 Å². The van der Waals surface area contributed by atoms with Crippen molar-refractivity contribution in [2.75, 3.05) is 24.3 Å². The highest BCUT2D eigenvalue weighted by Crippen LogP contribution is 2.25. The van der Waals surface area contributed by atoms with Crippen LogP contribution in [0.3, 0.4) is 0 Å². The van der Waals surface area contributed by atoms with E-state index in [1.165, 1.54) is 7.11 Å². The normalized spacial score (nSPS) is 10.2. The fraction of sp³-hybridized carbons (Fsp3) is 0.176. The average molecular weight is 412 g/mol. The molecule has 0 aliphatic carbocycles. The number of esters is 1. The zero-order valence-corrected chi connectivity index (χ0v) is 15.5. The highest BCUT2D eigenvalue weighted by molar-refractivity contribution is 9.10. The summed E-state index contributed by atoms with van der Waals surface area (Å²) in [5.41, 5.74) is 2.45. The first-order valence-electron chi connectivity index (χ1n) is 7.08. The number of anilines is 2. The summed E-state index contributed by atoms with van der Waals surface area (Å²) in [4.78, 5) is 23.7. The number of ether oxygens (including phenoxy) is 1. The molecule has 126 valence electrons. The van der Waals surface area contributed by atoms with Crippen LogP contribution in [0, 0.1) is 6.92 Å². The fourth-order valence-corrected chi connectivity index (χ4v) is 2.74. The molecule has 1 amide bonds. The lowest BCUT2D eigenvalue weighted by Crippen LogP contribution is -2.22. The Bertz CT molecular complexity index is 780. The molecule has 5 nitrogen and oxygen atoms in total. The van der Waals surface area contributed by atoms with Crippen LogP contribution in [0.4, 0.5) is 11.4 Å². The predicted octanol–water partition coefficient (Wildman–Crippen LogP) is 4.25. The standard InChI is InChI=1S/C17H16BrClN2O3/c1-10-3-4-11(17(23)24-2)7-15(10)21-16(22)9-20-14-6-5-12(18)8-13(14)19/h3-8,20H,9H2,1-2H3,(H,21,22). The van der Waals surface area contributed by atoms with Crippen molar-refractivity contribution in [2.24, 2.45) is 0 Å². The van der Waals surface area contributed by atoms with E-state index in [4.69, 9.17) is 11.6 Å². The number of nitrogens with one attached hydrogen (secondary N) is 2. The lowest BCUT2D eigenvalue weighted by molar-refractivity contribution is -0.114. The smallest absolute Gasteiger partial charge is 0.337 e. The molecule has 7 heteroatoms. The highest BCUT2D eigenvalue weighted by atomic mass is 79.9. The quantitative estimate of drug-likeness (QED) is 0.722. The molecule has 0 bridgehead atoms. The van der Waals surface area contributed by atoms with E-state index in [0.29, 0.717) is 22.0 Å². The molecule has 0 aromatic heterocycles. The first-order chi connectivity index (χ1) is 11.4. The molecule has 2 aromatic carbocycles. The molecule has 24 heavy (non-hydrogen) atoms. The van der Waals surface area contributed by atoms with Gasteiger partial charge in [0, 0.05) is 10.2 Å². The number of benzene rings is 2. The van der Waals surface area contributed by atoms with Crippen LogP contribution < -0.4 is 10.6 Å². The third-order valence-corrected chi connectivity index (χ3v) is 4.11. The van der Waals surface area contributed by atoms with Gasteiger partial charge in [-0.1, -0.05) is 33.6 Å². The summed E-state index contributed by atoms with van der Waals surface area (Å²) in [7, 11) is 1.31. The number of carbonyl (C=O) groups excluding carboxylic acids is 2. The molecule has 0 heterocycles. The SMILES string of the molecule is COC(=O)c1ccc(C)c(NC(=O)CNc2ccc(Br)cc2Cl)c1. The Morgan fingerprint density at radius 3 is 2.58 bits per heavy atom. The van der Waals surface area contributed by atoms with Gasteiger partial charge in [-0.2, -0.15) is 0 Å². The number of rotatable bonds is 5. The molecular formula is C17H16BrClN2O3. The Balaban J connectivity index is 2.03. The van der Waals surface area contributed by atoms with Gasteiger partial charge in [0.05, 0.1) is 29.9 Å². The van der Waals surface area contributed by atoms with E-state index >= 15 is 0 Å². The van der Waals surface area contributed by atoms with Crippen molar-refractivity contribution < 1.29 is 14.3 Å². The van der Waals surface area contributed by atoms with Gasteiger partial charge in [-0.25, -0.2) is 4.79 Å². The van der Waals surface area contributed by atoms with Crippen LogP contribution in [0.1, 0.15) is 15.9 Å². The third-order valence-electron chi connectivity index (χ3n) is 3.30. The molecule has 0 saturated heterocycles. The van der Waals surface area contributed by atoms with Crippen LogP contribution >= 0.6 is 27.5 Å². The van der Waals surface area contributed by atoms with Crippen molar-refractivity contribution >= 4 is 50.8 Å². The molecule has 2 N–H and O–H groups in total. The van der Waals surface area contributed by atoms with Crippen LogP contribution in [0.2, 0.25) is 5.02 Å². The maximum atomic E-state index is 12.1. The van der Waals surface area contributed by atoms with Gasteiger partial charge in [-0.05, 0) is 42.8 Å². The minimum absolute atomic E-state index is 0.0449. The Hall–Kier alpha value is -2.05. The molecule has 0 aliphatic heterocycles. The molecule has 0 saturated carbocycles. The molecule has 0 spiro atoms. The monoisotopic (exact) mass is 410 g/mol. The van der Waals surface area contributed by atoms with Gasteiger partial charge in [0.15, 0.2) is 0 Å². The van der Waals surface area contributed by atoms with Crippen LogP contribution in [0.15, 0.2) is 40.9 Å². The van der Waals surface area contributed by atoms with Crippen molar-refractivity contribution in [3.8, 4) is 0 Å². The van der Waals surface area contributed by atoms with Gasteiger partial charge in [-0.15, -0.1) is 0 Å². The summed E-state index contributed by atoms with van der Waals surface area (Å²) < 4.78 is 5.54. The Morgan fingerprint density at radius 1 is 1.17 bits per heavy atom. The summed E-state index contributed by atoms with van der Waals surface area (Å²) in [6, 6.07) is 10.3. The van der Waals surface area contributed by atoms with E-state index in [2.05, 4.69) is 31.3 Å². The number of amides is 1. The Kier molecular flexibility index (Phi) is 6.23. The highest BCUT2D eigenvalue weighted by Gasteiger charge is 2.11. The van der Waals surface area contributed by atoms with Crippen molar-refractivity contribution in [1.82, 2.24) is 0 Å². The van der Waals surface area contributed by atoms with E-state index in [9.17, 15) is 9.59 Å². The number of hydrogen-bond acceptors (Lipinski definition) is 4. The minimum atomic E-state index is -0.453. The maximum absolute atomic E-state index is 12.1. The van der Waals surface area contributed by atoms with E-state index in [1.807, 2.05) is 13.0 Å². The average Bonchev–Trinajstić information content (AvgIpc) is 2.55. The summed E-state index contributed by atoms with van der Waals surface area (Å²) in [5, 5.41) is 6.26. The number of halogens is 2. The van der Waals surface area contributed by atoms with Crippen LogP contribution in [-0.2, 0) is 9.53 Å². The molecule has 0 fully saturated rings. The second-order valence-corrected chi connectivity index (χ2v) is 6.37. The van der Waals surface area contributed by atoms with Gasteiger partial charge in [0.2, 0.25) is 5.91 Å². The first-order valence-corrected chi connectivity index (χ1v) is 8.25. The number of carbonyl (C=O) groups is 2. The molecular weight excluding hydrogens is 396 g/mol. The van der Waals surface area contributed by atoms with Crippen LogP contribution in [0.5, 0.6) is 0 Å². The van der Waals surface area contributed by atoms with Gasteiger partial charge in [0.25, 0.3) is 0 Å². The maximum Gasteiger partial charge on any atom is 0.337 e. The van der Waals surface area contributed by atoms with Crippen LogP contribution in [-0.4, -0.2) is 25.5 Å². The fourth-order valence-electron chi connectivity index (χ4n) is 2.00. The van der Waals surface area contributed by atoms with E-state index in [1.54, 1.807) is 30.3 Å². The molecule has 0 radical (unpaired) electrons. The number of methoxy groups -OCH3 is 1. The predicted molar refractivity (Wildman–Crippen MR) is 98.8 cm³/mol. The van der Waals surface area contributed by atoms with Gasteiger partial charge in [-0.3, -0.25) is 4.79 Å². The largest absolute Gasteiger partial charge is 0.465 e. The van der Waals surface area contributed by atoms with E-state index in [0.717, 1.165) is 10.0 Å². The van der Waals surface area contributed by atoms with Crippen molar-refractivity contribution in [3.63, 3.8) is 0 Å². The van der Waals surface area contributed by atoms with Gasteiger partial charge in [0.1, 0.15) is 0 Å². The van der Waals surface area contributed by atoms with Gasteiger partial charge < -0.3 is 15.4 Å². The summed E-state index contributed by atoms with van der Waals surface area (Å²) in [5.74, 6) is -0.704. The molecule has 2 aromatic rings. The second-order valence-electron chi connectivity index (χ2n) is 5.05. The molecule has 2 rings (SSSR count). The summed E-state index contributed by atoms with van der Waals surface area (Å²) >= 11 is 9.42. The van der Waals surface area contributed by atoms with Crippen molar-refractivity contribution in [1.29, 1.82) is 0 Å². The minimum Gasteiger partial charge on any atom is -0.465 e. The van der Waals surface area contributed by atoms with Crippen molar-refractivity contribution in [3.05, 3.63) is 57.0 Å². The van der Waals surface area contributed by atoms with Crippen molar-refractivity contribution in [2.45, 2.75) is 6.92 Å². The molecule has 0 atom stereocenters. The zero-order valence-electron chi connectivity index (χ0n) is 13.2. The lowest BCUT2D eigenvalue weighted by Gasteiger charge is -2.12.